The van der Waals surface area contributed by atoms with E-state index in [1.165, 1.54) is 19.3 Å². The molecule has 2 rings (SSSR count). The molecule has 2 atom stereocenters. The molecule has 0 heterocycles. The van der Waals surface area contributed by atoms with Crippen LogP contribution in [0.25, 0.3) is 0 Å². The predicted molar refractivity (Wildman–Crippen MR) is 66.8 cm³/mol. The summed E-state index contributed by atoms with van der Waals surface area (Å²) in [6.45, 7) is 0. The molecular weight excluding hydrogens is 216 g/mol. The molecule has 0 aromatic heterocycles. The number of hydrogen-bond donors (Lipinski definition) is 3. The van der Waals surface area contributed by atoms with Crippen LogP contribution in [0.4, 0.5) is 4.79 Å². The number of nitrogens with one attached hydrogen (secondary N) is 2. The lowest BCUT2D eigenvalue weighted by Crippen LogP contribution is -2.48. The van der Waals surface area contributed by atoms with Crippen molar-refractivity contribution < 1.29 is 9.90 Å². The van der Waals surface area contributed by atoms with E-state index in [9.17, 15) is 9.90 Å². The standard InChI is InChI=1S/C13H24N2O2/c16-12-8-4-7-11(9-12)15-13(17)14-10-5-2-1-3-6-10/h10-12,16H,1-9H2,(H2,14,15,17). The van der Waals surface area contributed by atoms with Crippen molar-refractivity contribution in [3.8, 4) is 0 Å². The molecule has 0 aliphatic heterocycles. The second-order valence-corrected chi connectivity index (χ2v) is 5.47. The van der Waals surface area contributed by atoms with Crippen molar-refractivity contribution in [2.75, 3.05) is 0 Å². The zero-order chi connectivity index (χ0) is 12.1. The minimum Gasteiger partial charge on any atom is -0.393 e. The Kier molecular flexibility index (Phi) is 4.66. The Labute approximate surface area is 103 Å². The van der Waals surface area contributed by atoms with Gasteiger partial charge in [-0.3, -0.25) is 0 Å². The number of hydrogen-bond acceptors (Lipinski definition) is 2. The van der Waals surface area contributed by atoms with Crippen molar-refractivity contribution in [2.24, 2.45) is 0 Å². The summed E-state index contributed by atoms with van der Waals surface area (Å²) in [7, 11) is 0. The summed E-state index contributed by atoms with van der Waals surface area (Å²) >= 11 is 0. The molecule has 98 valence electrons. The molecule has 2 aliphatic rings. The maximum Gasteiger partial charge on any atom is 0.315 e. The summed E-state index contributed by atoms with van der Waals surface area (Å²) in [4.78, 5) is 11.8. The van der Waals surface area contributed by atoms with Crippen molar-refractivity contribution in [1.82, 2.24) is 10.6 Å². The maximum absolute atomic E-state index is 11.8. The van der Waals surface area contributed by atoms with Crippen LogP contribution in [0.1, 0.15) is 57.8 Å². The van der Waals surface area contributed by atoms with E-state index in [0.717, 1.165) is 32.1 Å². The zero-order valence-corrected chi connectivity index (χ0v) is 10.5. The Balaban J connectivity index is 1.68. The Morgan fingerprint density at radius 3 is 2.24 bits per heavy atom. The first kappa shape index (κ1) is 12.7. The summed E-state index contributed by atoms with van der Waals surface area (Å²) in [6, 6.07) is 0.468. The predicted octanol–water partition coefficient (Wildman–Crippen LogP) is 1.92. The third kappa shape index (κ3) is 4.19. The molecule has 4 nitrogen and oxygen atoms in total. The average Bonchev–Trinajstić information content (AvgIpc) is 2.30. The number of urea groups is 1. The van der Waals surface area contributed by atoms with E-state index in [-0.39, 0.29) is 18.2 Å². The van der Waals surface area contributed by atoms with Gasteiger partial charge in [0.15, 0.2) is 0 Å². The Morgan fingerprint density at radius 1 is 0.882 bits per heavy atom. The molecule has 0 bridgehead atoms. The van der Waals surface area contributed by atoms with Crippen LogP contribution < -0.4 is 10.6 Å². The van der Waals surface area contributed by atoms with Crippen LogP contribution in [0.2, 0.25) is 0 Å². The van der Waals surface area contributed by atoms with Gasteiger partial charge in [-0.15, -0.1) is 0 Å². The van der Waals surface area contributed by atoms with Gasteiger partial charge in [0.2, 0.25) is 0 Å². The van der Waals surface area contributed by atoms with Crippen molar-refractivity contribution in [3.63, 3.8) is 0 Å². The molecule has 0 saturated heterocycles. The van der Waals surface area contributed by atoms with Crippen LogP contribution in [0.15, 0.2) is 0 Å². The van der Waals surface area contributed by atoms with Crippen LogP contribution in [0.3, 0.4) is 0 Å². The Morgan fingerprint density at radius 2 is 1.53 bits per heavy atom. The number of carbonyl (C=O) groups excluding carboxylic acids is 1. The van der Waals surface area contributed by atoms with Crippen molar-refractivity contribution >= 4 is 6.03 Å². The quantitative estimate of drug-likeness (QED) is 0.690. The van der Waals surface area contributed by atoms with Crippen LogP contribution in [0.5, 0.6) is 0 Å². The van der Waals surface area contributed by atoms with Gasteiger partial charge in [0.05, 0.1) is 6.10 Å². The van der Waals surface area contributed by atoms with E-state index in [1.807, 2.05) is 0 Å². The third-order valence-corrected chi connectivity index (χ3v) is 3.92. The molecule has 4 heteroatoms. The van der Waals surface area contributed by atoms with Gasteiger partial charge in [-0.2, -0.15) is 0 Å². The smallest absolute Gasteiger partial charge is 0.315 e. The molecule has 0 spiro atoms. The number of carbonyl (C=O) groups is 1. The van der Waals surface area contributed by atoms with Gasteiger partial charge in [0.25, 0.3) is 0 Å². The summed E-state index contributed by atoms with van der Waals surface area (Å²) in [6.07, 6.45) is 9.34. The van der Waals surface area contributed by atoms with Gasteiger partial charge in [-0.05, 0) is 38.5 Å². The summed E-state index contributed by atoms with van der Waals surface area (Å²) in [5.41, 5.74) is 0. The SMILES string of the molecule is O=C(NC1CCCCC1)NC1CCCC(O)C1. The molecular formula is C13H24N2O2. The molecule has 0 radical (unpaired) electrons. The van der Waals surface area contributed by atoms with E-state index in [1.54, 1.807) is 0 Å². The van der Waals surface area contributed by atoms with Crippen LogP contribution >= 0.6 is 0 Å². The lowest BCUT2D eigenvalue weighted by atomic mass is 9.93. The van der Waals surface area contributed by atoms with E-state index >= 15 is 0 Å². The molecule has 0 aromatic carbocycles. The third-order valence-electron chi connectivity index (χ3n) is 3.92. The minimum atomic E-state index is -0.233. The average molecular weight is 240 g/mol. The van der Waals surface area contributed by atoms with Crippen LogP contribution in [-0.2, 0) is 0 Å². The molecule has 2 fully saturated rings. The van der Waals surface area contributed by atoms with Crippen molar-refractivity contribution in [2.45, 2.75) is 76.0 Å². The number of rotatable bonds is 2. The topological polar surface area (TPSA) is 61.4 Å². The number of aliphatic hydroxyl groups excluding tert-OH is 1. The summed E-state index contributed by atoms with van der Waals surface area (Å²) < 4.78 is 0. The van der Waals surface area contributed by atoms with Crippen LogP contribution in [0, 0.1) is 0 Å². The first-order valence-corrected chi connectivity index (χ1v) is 6.99. The zero-order valence-electron chi connectivity index (χ0n) is 10.5. The van der Waals surface area contributed by atoms with Crippen molar-refractivity contribution in [3.05, 3.63) is 0 Å². The lowest BCUT2D eigenvalue weighted by molar-refractivity contribution is 0.113. The fourth-order valence-corrected chi connectivity index (χ4v) is 2.95. The molecule has 2 amide bonds. The lowest BCUT2D eigenvalue weighted by Gasteiger charge is -2.28. The van der Waals surface area contributed by atoms with E-state index in [2.05, 4.69) is 10.6 Å². The first-order chi connectivity index (χ1) is 8.24. The van der Waals surface area contributed by atoms with Gasteiger partial charge in [-0.1, -0.05) is 19.3 Å². The van der Waals surface area contributed by atoms with Gasteiger partial charge >= 0.3 is 6.03 Å². The van der Waals surface area contributed by atoms with E-state index in [0.29, 0.717) is 12.5 Å². The van der Waals surface area contributed by atoms with Gasteiger partial charge in [-0.25, -0.2) is 4.79 Å². The van der Waals surface area contributed by atoms with Crippen molar-refractivity contribution in [1.29, 1.82) is 0 Å². The van der Waals surface area contributed by atoms with E-state index < -0.39 is 0 Å². The fraction of sp³-hybridized carbons (Fsp3) is 0.923. The molecule has 3 N–H and O–H groups in total. The fourth-order valence-electron chi connectivity index (χ4n) is 2.95. The summed E-state index contributed by atoms with van der Waals surface area (Å²) in [5.74, 6) is 0. The van der Waals surface area contributed by atoms with Gasteiger partial charge < -0.3 is 15.7 Å². The first-order valence-electron chi connectivity index (χ1n) is 6.99. The maximum atomic E-state index is 11.8. The highest BCUT2D eigenvalue weighted by atomic mass is 16.3. The Hall–Kier alpha value is -0.770. The largest absolute Gasteiger partial charge is 0.393 e. The highest BCUT2D eigenvalue weighted by Crippen LogP contribution is 2.19. The summed E-state index contributed by atoms with van der Waals surface area (Å²) in [5, 5.41) is 15.6. The van der Waals surface area contributed by atoms with Gasteiger partial charge in [0, 0.05) is 12.1 Å². The normalized spacial score (nSPS) is 30.9. The molecule has 0 aromatic rings. The molecule has 2 aliphatic carbocycles. The highest BCUT2D eigenvalue weighted by molar-refractivity contribution is 5.74. The van der Waals surface area contributed by atoms with E-state index in [4.69, 9.17) is 0 Å². The molecule has 2 saturated carbocycles. The monoisotopic (exact) mass is 240 g/mol. The molecule has 2 unspecified atom stereocenters. The number of aliphatic hydroxyl groups is 1. The molecule has 17 heavy (non-hydrogen) atoms. The Bertz CT molecular complexity index is 252. The second kappa shape index (κ2) is 6.24. The second-order valence-electron chi connectivity index (χ2n) is 5.47. The minimum absolute atomic E-state index is 0.0454. The van der Waals surface area contributed by atoms with Gasteiger partial charge in [0.1, 0.15) is 0 Å². The number of amides is 2. The highest BCUT2D eigenvalue weighted by Gasteiger charge is 2.22. The van der Waals surface area contributed by atoms with Crippen LogP contribution in [-0.4, -0.2) is 29.3 Å².